The van der Waals surface area contributed by atoms with E-state index in [-0.39, 0.29) is 19.0 Å². The zero-order valence-corrected chi connectivity index (χ0v) is 19.0. The number of aliphatic hydroxyl groups is 1. The lowest BCUT2D eigenvalue weighted by Crippen LogP contribution is -2.42. The summed E-state index contributed by atoms with van der Waals surface area (Å²) in [6, 6.07) is 23.5. The van der Waals surface area contributed by atoms with Gasteiger partial charge in [0.15, 0.2) is 11.5 Å². The fourth-order valence-corrected chi connectivity index (χ4v) is 4.53. The minimum Gasteiger partial charge on any atom is -0.530 e. The molecule has 6 heteroatoms. The molecule has 4 rings (SSSR count). The van der Waals surface area contributed by atoms with Gasteiger partial charge in [0.05, 0.1) is 13.2 Å². The van der Waals surface area contributed by atoms with Gasteiger partial charge in [-0.1, -0.05) is 55.5 Å². The van der Waals surface area contributed by atoms with E-state index in [1.54, 1.807) is 14.0 Å². The number of rotatable bonds is 6. The molecule has 0 aliphatic carbocycles. The Morgan fingerprint density at radius 1 is 1.06 bits per heavy atom. The normalized spacial score (nSPS) is 21.0. The van der Waals surface area contributed by atoms with Gasteiger partial charge in [-0.15, -0.1) is 0 Å². The topological polar surface area (TPSA) is 82.1 Å². The van der Waals surface area contributed by atoms with Crippen LogP contribution in [0.2, 0.25) is 0 Å². The van der Waals surface area contributed by atoms with Crippen LogP contribution in [0.5, 0.6) is 17.2 Å². The van der Waals surface area contributed by atoms with E-state index in [2.05, 4.69) is 12.1 Å². The third-order valence-corrected chi connectivity index (χ3v) is 6.72. The number of benzene rings is 3. The van der Waals surface area contributed by atoms with E-state index in [9.17, 15) is 15.0 Å². The number of nitrogens with zero attached hydrogens (tertiary/aromatic N) is 1. The van der Waals surface area contributed by atoms with E-state index in [0.29, 0.717) is 17.2 Å². The van der Waals surface area contributed by atoms with E-state index in [1.165, 1.54) is 4.90 Å². The van der Waals surface area contributed by atoms with Crippen LogP contribution in [0.3, 0.4) is 0 Å². The highest BCUT2D eigenvalue weighted by atomic mass is 16.5. The Hall–Kier alpha value is -3.51. The smallest absolute Gasteiger partial charge is 0.169 e. The van der Waals surface area contributed by atoms with Crippen molar-refractivity contribution in [3.05, 3.63) is 78.4 Å². The number of likely N-dealkylation sites (tertiary alicyclic amines) is 1. The fraction of sp³-hybridized carbons (Fsp3) is 0.296. The van der Waals surface area contributed by atoms with Crippen molar-refractivity contribution in [2.24, 2.45) is 5.41 Å². The van der Waals surface area contributed by atoms with Gasteiger partial charge in [-0.05, 0) is 47.9 Å². The zero-order valence-electron chi connectivity index (χ0n) is 19.0. The first-order valence-corrected chi connectivity index (χ1v) is 11.0. The number of amides is 1. The van der Waals surface area contributed by atoms with Crippen LogP contribution >= 0.6 is 0 Å². The maximum absolute atomic E-state index is 11.5. The number of methoxy groups -OCH3 is 1. The molecule has 0 aromatic heterocycles. The first-order chi connectivity index (χ1) is 15.8. The Kier molecular flexibility index (Phi) is 6.29. The van der Waals surface area contributed by atoms with E-state index >= 15 is 0 Å². The lowest BCUT2D eigenvalue weighted by atomic mass is 9.72. The molecule has 1 heterocycles. The first kappa shape index (κ1) is 22.7. The van der Waals surface area contributed by atoms with Gasteiger partial charge in [0.2, 0.25) is 0 Å². The van der Waals surface area contributed by atoms with Gasteiger partial charge < -0.3 is 29.4 Å². The number of carbonyl (C=O) groups is 1. The average molecular weight is 447 g/mol. The van der Waals surface area contributed by atoms with Crippen LogP contribution in [0, 0.1) is 5.41 Å². The van der Waals surface area contributed by atoms with E-state index in [0.717, 1.165) is 16.7 Å². The molecule has 1 aliphatic heterocycles. The SMILES string of the molecule is COc1ccc(C2CN(C(=O)[O-])CC2(C)C(C)O)cc1Oc1ccc(-c2ccccc2)cc1. The molecular weight excluding hydrogens is 418 g/mol. The zero-order chi connectivity index (χ0) is 23.6. The predicted molar refractivity (Wildman–Crippen MR) is 124 cm³/mol. The molecule has 1 saturated heterocycles. The predicted octanol–water partition coefficient (Wildman–Crippen LogP) is 4.28. The lowest BCUT2D eigenvalue weighted by molar-refractivity contribution is -0.264. The summed E-state index contributed by atoms with van der Waals surface area (Å²) in [6.45, 7) is 4.06. The Morgan fingerprint density at radius 3 is 2.33 bits per heavy atom. The van der Waals surface area contributed by atoms with E-state index in [1.807, 2.05) is 67.6 Å². The number of aliphatic hydroxyl groups excluding tert-OH is 1. The van der Waals surface area contributed by atoms with Crippen LogP contribution in [0.1, 0.15) is 25.3 Å². The van der Waals surface area contributed by atoms with Gasteiger partial charge in [-0.3, -0.25) is 0 Å². The Morgan fingerprint density at radius 2 is 1.73 bits per heavy atom. The second-order valence-corrected chi connectivity index (χ2v) is 8.78. The fourth-order valence-electron chi connectivity index (χ4n) is 4.53. The van der Waals surface area contributed by atoms with E-state index in [4.69, 9.17) is 9.47 Å². The molecule has 0 radical (unpaired) electrons. The minimum absolute atomic E-state index is 0.209. The maximum Gasteiger partial charge on any atom is 0.169 e. The lowest BCUT2D eigenvalue weighted by Gasteiger charge is -2.34. The highest BCUT2D eigenvalue weighted by molar-refractivity contribution is 5.65. The molecule has 172 valence electrons. The monoisotopic (exact) mass is 446 g/mol. The minimum atomic E-state index is -1.23. The van der Waals surface area contributed by atoms with Crippen molar-refractivity contribution < 1.29 is 24.5 Å². The second kappa shape index (κ2) is 9.16. The summed E-state index contributed by atoms with van der Waals surface area (Å²) >= 11 is 0. The van der Waals surface area contributed by atoms with Crippen molar-refractivity contribution in [1.29, 1.82) is 0 Å². The number of ether oxygens (including phenoxy) is 2. The van der Waals surface area contributed by atoms with Crippen LogP contribution in [-0.2, 0) is 0 Å². The standard InChI is InChI=1S/C27H29NO5/c1-18(29)27(2)17-28(26(30)31)16-23(27)21-11-14-24(32-3)25(15-21)33-22-12-9-20(10-13-22)19-7-5-4-6-8-19/h4-15,18,23,29H,16-17H2,1-3H3,(H,30,31)/p-1. The van der Waals surface area contributed by atoms with Gasteiger partial charge in [0, 0.05) is 24.4 Å². The van der Waals surface area contributed by atoms with Crippen molar-refractivity contribution in [2.45, 2.75) is 25.9 Å². The summed E-state index contributed by atoms with van der Waals surface area (Å²) in [6.07, 6.45) is -1.93. The van der Waals surface area contributed by atoms with Crippen molar-refractivity contribution in [2.75, 3.05) is 20.2 Å². The Balaban J connectivity index is 1.63. The largest absolute Gasteiger partial charge is 0.530 e. The molecule has 0 bridgehead atoms. The average Bonchev–Trinajstić information content (AvgIpc) is 3.19. The first-order valence-electron chi connectivity index (χ1n) is 11.0. The summed E-state index contributed by atoms with van der Waals surface area (Å²) in [5, 5.41) is 22.0. The molecule has 33 heavy (non-hydrogen) atoms. The molecule has 1 aliphatic rings. The Labute approximate surface area is 194 Å². The molecule has 0 spiro atoms. The molecule has 0 saturated carbocycles. The molecule has 6 nitrogen and oxygen atoms in total. The van der Waals surface area contributed by atoms with Gasteiger partial charge in [-0.25, -0.2) is 0 Å². The number of hydrogen-bond donors (Lipinski definition) is 1. The van der Waals surface area contributed by atoms with Crippen LogP contribution in [0.15, 0.2) is 72.8 Å². The summed E-state index contributed by atoms with van der Waals surface area (Å²) < 4.78 is 11.7. The second-order valence-electron chi connectivity index (χ2n) is 8.78. The molecule has 1 fully saturated rings. The number of carbonyl (C=O) groups excluding carboxylic acids is 1. The summed E-state index contributed by atoms with van der Waals surface area (Å²) in [4.78, 5) is 12.8. The van der Waals surface area contributed by atoms with Gasteiger partial charge >= 0.3 is 0 Å². The molecule has 1 N–H and O–H groups in total. The number of hydrogen-bond acceptors (Lipinski definition) is 5. The van der Waals surface area contributed by atoms with Crippen LogP contribution in [0.4, 0.5) is 4.79 Å². The summed E-state index contributed by atoms with van der Waals surface area (Å²) in [5.74, 6) is 1.54. The highest BCUT2D eigenvalue weighted by Gasteiger charge is 2.47. The third kappa shape index (κ3) is 4.52. The van der Waals surface area contributed by atoms with Crippen LogP contribution in [0.25, 0.3) is 11.1 Å². The van der Waals surface area contributed by atoms with Crippen LogP contribution < -0.4 is 14.6 Å². The van der Waals surface area contributed by atoms with Gasteiger partial charge in [0.1, 0.15) is 11.8 Å². The van der Waals surface area contributed by atoms with Crippen molar-refractivity contribution in [3.63, 3.8) is 0 Å². The van der Waals surface area contributed by atoms with Crippen molar-refractivity contribution >= 4 is 6.09 Å². The molecule has 3 atom stereocenters. The maximum atomic E-state index is 11.5. The summed E-state index contributed by atoms with van der Waals surface area (Å²) in [7, 11) is 1.58. The van der Waals surface area contributed by atoms with Crippen molar-refractivity contribution in [1.82, 2.24) is 4.90 Å². The molecule has 3 aromatic rings. The quantitative estimate of drug-likeness (QED) is 0.611. The molecule has 3 unspecified atom stereocenters. The van der Waals surface area contributed by atoms with Gasteiger partial charge in [0.25, 0.3) is 0 Å². The van der Waals surface area contributed by atoms with E-state index < -0.39 is 17.6 Å². The number of carboxylic acid groups (broad SMARTS) is 1. The highest BCUT2D eigenvalue weighted by Crippen LogP contribution is 2.47. The Bertz CT molecular complexity index is 1110. The molecule has 3 aromatic carbocycles. The van der Waals surface area contributed by atoms with Crippen molar-refractivity contribution in [3.8, 4) is 28.4 Å². The van der Waals surface area contributed by atoms with Crippen LogP contribution in [-0.4, -0.2) is 42.4 Å². The molecular formula is C27H28NO5-. The van der Waals surface area contributed by atoms with Gasteiger partial charge in [-0.2, -0.15) is 0 Å². The third-order valence-electron chi connectivity index (χ3n) is 6.72. The summed E-state index contributed by atoms with van der Waals surface area (Å²) in [5.41, 5.74) is 2.44. The molecule has 1 amide bonds.